The quantitative estimate of drug-likeness (QED) is 0.831. The van der Waals surface area contributed by atoms with Crippen molar-refractivity contribution >= 4 is 17.7 Å². The van der Waals surface area contributed by atoms with Crippen LogP contribution in [0.4, 0.5) is 0 Å². The molecule has 1 amide bonds. The molecule has 0 bridgehead atoms. The van der Waals surface area contributed by atoms with Gasteiger partial charge in [-0.1, -0.05) is 35.5 Å². The molecule has 0 unspecified atom stereocenters. The third kappa shape index (κ3) is 4.60. The molecule has 1 saturated heterocycles. The summed E-state index contributed by atoms with van der Waals surface area (Å²) in [5.74, 6) is 3.10. The Kier molecular flexibility index (Phi) is 5.91. The summed E-state index contributed by atoms with van der Waals surface area (Å²) in [7, 11) is 0. The van der Waals surface area contributed by atoms with Gasteiger partial charge in [-0.05, 0) is 30.7 Å². The van der Waals surface area contributed by atoms with E-state index in [1.165, 1.54) is 5.56 Å². The van der Waals surface area contributed by atoms with Crippen LogP contribution in [-0.2, 0) is 10.5 Å². The van der Waals surface area contributed by atoms with Gasteiger partial charge in [-0.3, -0.25) is 4.79 Å². The highest BCUT2D eigenvalue weighted by Crippen LogP contribution is 2.28. The second kappa shape index (κ2) is 8.33. The number of amides is 1. The molecule has 0 saturated carbocycles. The van der Waals surface area contributed by atoms with Gasteiger partial charge in [0.25, 0.3) is 0 Å². The smallest absolute Gasteiger partial charge is 0.232 e. The van der Waals surface area contributed by atoms with Crippen molar-refractivity contribution in [2.24, 2.45) is 0 Å². The zero-order valence-electron chi connectivity index (χ0n) is 14.0. The Labute approximate surface area is 146 Å². The minimum Gasteiger partial charge on any atom is -0.342 e. The fraction of sp³-hybridized carbons (Fsp3) is 0.500. The SMILES string of the molecule is Cc1nc(CSCC(=O)N2CCC[C@@H](c3ccccc3)CC2)no1. The molecule has 0 radical (unpaired) electrons. The van der Waals surface area contributed by atoms with Crippen molar-refractivity contribution in [2.45, 2.75) is 37.9 Å². The highest BCUT2D eigenvalue weighted by atomic mass is 32.2. The van der Waals surface area contributed by atoms with Gasteiger partial charge in [0.1, 0.15) is 0 Å². The number of aryl methyl sites for hydroxylation is 1. The Hall–Kier alpha value is -1.82. The molecule has 5 nitrogen and oxygen atoms in total. The molecule has 1 aliphatic rings. The van der Waals surface area contributed by atoms with Crippen molar-refractivity contribution in [1.29, 1.82) is 0 Å². The van der Waals surface area contributed by atoms with E-state index in [4.69, 9.17) is 4.52 Å². The van der Waals surface area contributed by atoms with Crippen LogP contribution in [0.3, 0.4) is 0 Å². The average molecular weight is 345 g/mol. The number of nitrogens with zero attached hydrogens (tertiary/aromatic N) is 3. The van der Waals surface area contributed by atoms with E-state index in [1.807, 2.05) is 4.90 Å². The minimum atomic E-state index is 0.217. The number of benzene rings is 1. The van der Waals surface area contributed by atoms with Crippen molar-refractivity contribution in [3.63, 3.8) is 0 Å². The average Bonchev–Trinajstić information content (AvgIpc) is 2.86. The highest BCUT2D eigenvalue weighted by molar-refractivity contribution is 7.99. The number of thioether (sulfide) groups is 1. The largest absolute Gasteiger partial charge is 0.342 e. The molecule has 0 spiro atoms. The lowest BCUT2D eigenvalue weighted by Gasteiger charge is -2.20. The lowest BCUT2D eigenvalue weighted by molar-refractivity contribution is -0.128. The van der Waals surface area contributed by atoms with Gasteiger partial charge in [0.2, 0.25) is 11.8 Å². The maximum Gasteiger partial charge on any atom is 0.232 e. The second-order valence-corrected chi connectivity index (χ2v) is 7.13. The van der Waals surface area contributed by atoms with Crippen LogP contribution >= 0.6 is 11.8 Å². The summed E-state index contributed by atoms with van der Waals surface area (Å²) in [5, 5.41) is 3.85. The van der Waals surface area contributed by atoms with Crippen LogP contribution in [0.15, 0.2) is 34.9 Å². The van der Waals surface area contributed by atoms with Crippen LogP contribution in [0.25, 0.3) is 0 Å². The maximum absolute atomic E-state index is 12.4. The second-order valence-electron chi connectivity index (χ2n) is 6.14. The lowest BCUT2D eigenvalue weighted by Crippen LogP contribution is -2.33. The van der Waals surface area contributed by atoms with Crippen LogP contribution in [0.5, 0.6) is 0 Å². The summed E-state index contributed by atoms with van der Waals surface area (Å²) in [4.78, 5) is 18.6. The van der Waals surface area contributed by atoms with E-state index in [0.29, 0.717) is 29.1 Å². The summed E-state index contributed by atoms with van der Waals surface area (Å²) in [6.45, 7) is 3.48. The predicted molar refractivity (Wildman–Crippen MR) is 94.8 cm³/mol. The molecule has 24 heavy (non-hydrogen) atoms. The first kappa shape index (κ1) is 17.0. The predicted octanol–water partition coefficient (Wildman–Crippen LogP) is 3.41. The van der Waals surface area contributed by atoms with Crippen molar-refractivity contribution < 1.29 is 9.32 Å². The Bertz CT molecular complexity index is 659. The number of aromatic nitrogens is 2. The van der Waals surface area contributed by atoms with Gasteiger partial charge in [0.05, 0.1) is 11.5 Å². The van der Waals surface area contributed by atoms with Gasteiger partial charge < -0.3 is 9.42 Å². The standard InChI is InChI=1S/C18H23N3O2S/c1-14-19-17(20-23-14)12-24-13-18(22)21-10-5-8-16(9-11-21)15-6-3-2-4-7-15/h2-4,6-7,16H,5,8-13H2,1H3/t16-/m1/s1. The maximum atomic E-state index is 12.4. The van der Waals surface area contributed by atoms with Crippen molar-refractivity contribution in [3.8, 4) is 0 Å². The normalized spacial score (nSPS) is 18.4. The molecule has 128 valence electrons. The molecule has 1 aromatic heterocycles. The zero-order valence-corrected chi connectivity index (χ0v) is 14.8. The van der Waals surface area contributed by atoms with E-state index in [0.717, 1.165) is 32.4 Å². The molecule has 1 aromatic carbocycles. The molecule has 6 heteroatoms. The van der Waals surface area contributed by atoms with E-state index >= 15 is 0 Å². The van der Waals surface area contributed by atoms with Gasteiger partial charge in [0, 0.05) is 20.0 Å². The molecular formula is C18H23N3O2S. The molecular weight excluding hydrogens is 322 g/mol. The number of likely N-dealkylation sites (tertiary alicyclic amines) is 1. The van der Waals surface area contributed by atoms with Gasteiger partial charge in [-0.2, -0.15) is 4.98 Å². The molecule has 1 aliphatic heterocycles. The summed E-state index contributed by atoms with van der Waals surface area (Å²) < 4.78 is 4.94. The first-order valence-electron chi connectivity index (χ1n) is 8.42. The number of carbonyl (C=O) groups is 1. The molecule has 1 fully saturated rings. The van der Waals surface area contributed by atoms with Gasteiger partial charge >= 0.3 is 0 Å². The number of hydrogen-bond donors (Lipinski definition) is 0. The molecule has 0 N–H and O–H groups in total. The Balaban J connectivity index is 1.46. The summed E-state index contributed by atoms with van der Waals surface area (Å²) in [6.07, 6.45) is 3.27. The molecule has 1 atom stereocenters. The molecule has 2 aromatic rings. The Morgan fingerprint density at radius 3 is 2.88 bits per heavy atom. The van der Waals surface area contributed by atoms with Crippen LogP contribution in [-0.4, -0.2) is 39.8 Å². The van der Waals surface area contributed by atoms with Crippen LogP contribution < -0.4 is 0 Å². The number of rotatable bonds is 5. The van der Waals surface area contributed by atoms with Gasteiger partial charge in [-0.15, -0.1) is 11.8 Å². The first-order valence-corrected chi connectivity index (χ1v) is 9.57. The fourth-order valence-electron chi connectivity index (χ4n) is 3.13. The Morgan fingerprint density at radius 2 is 2.12 bits per heavy atom. The fourth-order valence-corrected chi connectivity index (χ4v) is 3.88. The zero-order chi connectivity index (χ0) is 16.8. The van der Waals surface area contributed by atoms with Crippen molar-refractivity contribution in [2.75, 3.05) is 18.8 Å². The highest BCUT2D eigenvalue weighted by Gasteiger charge is 2.21. The molecule has 0 aliphatic carbocycles. The van der Waals surface area contributed by atoms with Gasteiger partial charge in [0.15, 0.2) is 5.82 Å². The first-order chi connectivity index (χ1) is 11.7. The third-order valence-electron chi connectivity index (χ3n) is 4.38. The summed E-state index contributed by atoms with van der Waals surface area (Å²) in [6, 6.07) is 10.6. The van der Waals surface area contributed by atoms with Crippen molar-refractivity contribution in [1.82, 2.24) is 15.0 Å². The van der Waals surface area contributed by atoms with Crippen LogP contribution in [0.1, 0.15) is 42.5 Å². The van der Waals surface area contributed by atoms with Gasteiger partial charge in [-0.25, -0.2) is 0 Å². The Morgan fingerprint density at radius 1 is 1.29 bits per heavy atom. The van der Waals surface area contributed by atoms with E-state index in [-0.39, 0.29) is 5.91 Å². The van der Waals surface area contributed by atoms with E-state index in [1.54, 1.807) is 18.7 Å². The molecule has 3 rings (SSSR count). The minimum absolute atomic E-state index is 0.217. The monoisotopic (exact) mass is 345 g/mol. The number of carbonyl (C=O) groups excluding carboxylic acids is 1. The van der Waals surface area contributed by atoms with E-state index in [9.17, 15) is 4.79 Å². The van der Waals surface area contributed by atoms with E-state index < -0.39 is 0 Å². The van der Waals surface area contributed by atoms with E-state index in [2.05, 4.69) is 40.5 Å². The topological polar surface area (TPSA) is 59.2 Å². The lowest BCUT2D eigenvalue weighted by atomic mass is 9.92. The van der Waals surface area contributed by atoms with Crippen LogP contribution in [0, 0.1) is 6.92 Å². The third-order valence-corrected chi connectivity index (χ3v) is 5.29. The summed E-state index contributed by atoms with van der Waals surface area (Å²) in [5.41, 5.74) is 1.40. The molecule has 2 heterocycles. The van der Waals surface area contributed by atoms with Crippen molar-refractivity contribution in [3.05, 3.63) is 47.6 Å². The summed E-state index contributed by atoms with van der Waals surface area (Å²) >= 11 is 1.55. The number of hydrogen-bond acceptors (Lipinski definition) is 5. The van der Waals surface area contributed by atoms with Crippen LogP contribution in [0.2, 0.25) is 0 Å².